The summed E-state index contributed by atoms with van der Waals surface area (Å²) in [4.78, 5) is 0. The van der Waals surface area contributed by atoms with Gasteiger partial charge in [0.05, 0.1) is 6.10 Å². The van der Waals surface area contributed by atoms with Crippen molar-refractivity contribution in [3.8, 4) is 0 Å². The molecule has 0 spiro atoms. The number of hydrogen-bond donors (Lipinski definition) is 2. The molecule has 1 aromatic carbocycles. The maximum Gasteiger partial charge on any atom is 0.0693 e. The minimum atomic E-state index is -0.374. The molecule has 0 fully saturated rings. The van der Waals surface area contributed by atoms with Crippen molar-refractivity contribution < 1.29 is 5.11 Å². The summed E-state index contributed by atoms with van der Waals surface area (Å²) in [5.41, 5.74) is 3.96. The minimum Gasteiger partial charge on any atom is -0.392 e. The van der Waals surface area contributed by atoms with Crippen LogP contribution in [0.4, 0.5) is 0 Å². The average Bonchev–Trinajstić information content (AvgIpc) is 2.70. The van der Waals surface area contributed by atoms with Crippen molar-refractivity contribution in [2.45, 2.75) is 98.6 Å². The zero-order valence-electron chi connectivity index (χ0n) is 20.6. The number of hydrogen-bond acceptors (Lipinski definition) is 2. The smallest absolute Gasteiger partial charge is 0.0693 e. The van der Waals surface area contributed by atoms with Crippen LogP contribution in [0.15, 0.2) is 48.6 Å². The van der Waals surface area contributed by atoms with Crippen LogP contribution in [0.25, 0.3) is 0 Å². The Balaban J connectivity index is 0.00000379. The summed E-state index contributed by atoms with van der Waals surface area (Å²) in [6.07, 6.45) is 6.34. The third-order valence-electron chi connectivity index (χ3n) is 5.84. The van der Waals surface area contributed by atoms with E-state index in [2.05, 4.69) is 84.6 Å². The number of benzene rings is 1. The van der Waals surface area contributed by atoms with Crippen molar-refractivity contribution in [1.82, 2.24) is 5.32 Å². The van der Waals surface area contributed by atoms with Gasteiger partial charge in [-0.25, -0.2) is 0 Å². The normalized spacial score (nSPS) is 14.6. The van der Waals surface area contributed by atoms with Gasteiger partial charge in [0.15, 0.2) is 0 Å². The Hall–Kier alpha value is -1.38. The van der Waals surface area contributed by atoms with Gasteiger partial charge in [0, 0.05) is 12.1 Å². The molecule has 0 heterocycles. The lowest BCUT2D eigenvalue weighted by Crippen LogP contribution is -2.46. The monoisotopic (exact) mass is 401 g/mol. The van der Waals surface area contributed by atoms with Crippen LogP contribution in [0, 0.1) is 5.92 Å². The predicted molar refractivity (Wildman–Crippen MR) is 130 cm³/mol. The molecule has 1 aromatic rings. The van der Waals surface area contributed by atoms with Gasteiger partial charge in [-0.2, -0.15) is 0 Å². The number of nitrogens with one attached hydrogen (secondary N) is 1. The van der Waals surface area contributed by atoms with Crippen LogP contribution in [-0.4, -0.2) is 17.8 Å². The van der Waals surface area contributed by atoms with Crippen LogP contribution >= 0.6 is 0 Å². The van der Waals surface area contributed by atoms with Crippen LogP contribution in [-0.2, 0) is 11.0 Å². The first-order valence-corrected chi connectivity index (χ1v) is 11.4. The Morgan fingerprint density at radius 2 is 1.69 bits per heavy atom. The topological polar surface area (TPSA) is 32.3 Å². The highest BCUT2D eigenvalue weighted by molar-refractivity contribution is 5.33. The first-order chi connectivity index (χ1) is 13.6. The third kappa shape index (κ3) is 8.48. The minimum absolute atomic E-state index is 0.103. The second-order valence-electron chi connectivity index (χ2n) is 9.00. The maximum atomic E-state index is 10.7. The average molecular weight is 402 g/mol. The second kappa shape index (κ2) is 13.0. The highest BCUT2D eigenvalue weighted by Gasteiger charge is 2.30. The predicted octanol–water partition coefficient (Wildman–Crippen LogP) is 7.13. The number of aliphatic hydroxyl groups excluding tert-OH is 1. The van der Waals surface area contributed by atoms with Crippen LogP contribution in [0.1, 0.15) is 92.7 Å². The van der Waals surface area contributed by atoms with Gasteiger partial charge in [0.2, 0.25) is 0 Å². The molecule has 166 valence electrons. The first-order valence-electron chi connectivity index (χ1n) is 11.4. The Kier molecular flexibility index (Phi) is 12.4. The summed E-state index contributed by atoms with van der Waals surface area (Å²) in [6.45, 7) is 23.8. The van der Waals surface area contributed by atoms with E-state index in [0.29, 0.717) is 6.54 Å². The van der Waals surface area contributed by atoms with Gasteiger partial charge in [-0.15, -0.1) is 0 Å². The summed E-state index contributed by atoms with van der Waals surface area (Å²) < 4.78 is 0. The lowest BCUT2D eigenvalue weighted by Gasteiger charge is -2.36. The molecule has 0 saturated heterocycles. The molecule has 2 N–H and O–H groups in total. The van der Waals surface area contributed by atoms with Gasteiger partial charge >= 0.3 is 0 Å². The van der Waals surface area contributed by atoms with Crippen LogP contribution in [0.2, 0.25) is 0 Å². The number of aliphatic hydroxyl groups is 1. The standard InChI is InChI=1S/C25H41NO.C2H6/c1-9-13-19(4)16-20(5)23(27)18-26-25(10-2,11-3)22-15-12-14-21(17-22)24(6,7)8;1-2/h9,12-15,17,20,23,26-27H,1,10-11,16,18H2,2-8H3;1-2H3/b19-13+;. The first kappa shape index (κ1) is 27.6. The largest absolute Gasteiger partial charge is 0.392 e. The number of rotatable bonds is 10. The lowest BCUT2D eigenvalue weighted by atomic mass is 9.79. The van der Waals surface area contributed by atoms with E-state index in [4.69, 9.17) is 0 Å². The molecule has 0 aromatic heterocycles. The van der Waals surface area contributed by atoms with E-state index in [1.807, 2.05) is 26.0 Å². The Labute approximate surface area is 181 Å². The molecule has 1 rings (SSSR count). The van der Waals surface area contributed by atoms with Crippen molar-refractivity contribution in [2.75, 3.05) is 6.54 Å². The highest BCUT2D eigenvalue weighted by atomic mass is 16.3. The fraction of sp³-hybridized carbons (Fsp3) is 0.630. The molecule has 2 unspecified atom stereocenters. The summed E-state index contributed by atoms with van der Waals surface area (Å²) in [5, 5.41) is 14.4. The highest BCUT2D eigenvalue weighted by Crippen LogP contribution is 2.32. The molecule has 0 saturated carbocycles. The quantitative estimate of drug-likeness (QED) is 0.408. The van der Waals surface area contributed by atoms with Gasteiger partial charge in [-0.3, -0.25) is 0 Å². The molecule has 0 radical (unpaired) electrons. The molecular formula is C27H47NO. The van der Waals surface area contributed by atoms with E-state index in [1.54, 1.807) is 0 Å². The molecule has 0 aliphatic rings. The van der Waals surface area contributed by atoms with Crippen molar-refractivity contribution >= 4 is 0 Å². The van der Waals surface area contributed by atoms with Crippen molar-refractivity contribution in [2.24, 2.45) is 5.92 Å². The van der Waals surface area contributed by atoms with Gasteiger partial charge in [-0.05, 0) is 48.6 Å². The molecule has 2 nitrogen and oxygen atoms in total. The van der Waals surface area contributed by atoms with E-state index in [1.165, 1.54) is 16.7 Å². The maximum absolute atomic E-state index is 10.7. The van der Waals surface area contributed by atoms with E-state index in [9.17, 15) is 5.11 Å². The van der Waals surface area contributed by atoms with E-state index in [0.717, 1.165) is 19.3 Å². The molecule has 0 amide bonds. The third-order valence-corrected chi connectivity index (χ3v) is 5.84. The zero-order chi connectivity index (χ0) is 22.7. The summed E-state index contributed by atoms with van der Waals surface area (Å²) in [7, 11) is 0. The van der Waals surface area contributed by atoms with Crippen LogP contribution in [0.3, 0.4) is 0 Å². The summed E-state index contributed by atoms with van der Waals surface area (Å²) >= 11 is 0. The Morgan fingerprint density at radius 1 is 1.14 bits per heavy atom. The summed E-state index contributed by atoms with van der Waals surface area (Å²) in [6, 6.07) is 8.94. The molecule has 0 aliphatic heterocycles. The van der Waals surface area contributed by atoms with Crippen molar-refractivity contribution in [3.63, 3.8) is 0 Å². The lowest BCUT2D eigenvalue weighted by molar-refractivity contribution is 0.100. The van der Waals surface area contributed by atoms with Crippen LogP contribution in [0.5, 0.6) is 0 Å². The molecule has 2 atom stereocenters. The van der Waals surface area contributed by atoms with Gasteiger partial charge in [-0.1, -0.05) is 104 Å². The second-order valence-corrected chi connectivity index (χ2v) is 9.00. The SMILES string of the molecule is C=C/C=C(\C)CC(C)C(O)CNC(CC)(CC)c1cccc(C(C)(C)C)c1.CC. The number of allylic oxidation sites excluding steroid dienone is 3. The fourth-order valence-electron chi connectivity index (χ4n) is 3.71. The zero-order valence-corrected chi connectivity index (χ0v) is 20.6. The van der Waals surface area contributed by atoms with Crippen molar-refractivity contribution in [3.05, 3.63) is 59.7 Å². The molecule has 0 aliphatic carbocycles. The van der Waals surface area contributed by atoms with Gasteiger partial charge in [0.1, 0.15) is 0 Å². The van der Waals surface area contributed by atoms with E-state index in [-0.39, 0.29) is 23.0 Å². The van der Waals surface area contributed by atoms with Crippen LogP contribution < -0.4 is 5.32 Å². The van der Waals surface area contributed by atoms with Gasteiger partial charge in [0.25, 0.3) is 0 Å². The Morgan fingerprint density at radius 3 is 2.17 bits per heavy atom. The molecular weight excluding hydrogens is 354 g/mol. The summed E-state index contributed by atoms with van der Waals surface area (Å²) in [5.74, 6) is 0.209. The van der Waals surface area contributed by atoms with E-state index < -0.39 is 0 Å². The molecule has 29 heavy (non-hydrogen) atoms. The van der Waals surface area contributed by atoms with E-state index >= 15 is 0 Å². The Bertz CT molecular complexity index is 620. The van der Waals surface area contributed by atoms with Crippen molar-refractivity contribution in [1.29, 1.82) is 0 Å². The molecule has 2 heteroatoms. The molecule has 0 bridgehead atoms. The van der Waals surface area contributed by atoms with Gasteiger partial charge < -0.3 is 10.4 Å². The fourth-order valence-corrected chi connectivity index (χ4v) is 3.71.